The third-order valence-corrected chi connectivity index (χ3v) is 3.54. The number of rotatable bonds is 5. The molecular formula is C19H27NO5. The van der Waals surface area contributed by atoms with E-state index in [-0.39, 0.29) is 18.1 Å². The van der Waals surface area contributed by atoms with Crippen LogP contribution in [0.2, 0.25) is 0 Å². The third-order valence-electron chi connectivity index (χ3n) is 3.54. The van der Waals surface area contributed by atoms with Gasteiger partial charge in [-0.05, 0) is 50.8 Å². The molecule has 6 nitrogen and oxygen atoms in total. The first kappa shape index (κ1) is 19.1. The van der Waals surface area contributed by atoms with Crippen molar-refractivity contribution in [3.63, 3.8) is 0 Å². The lowest BCUT2D eigenvalue weighted by molar-refractivity contribution is 0.0206. The molecule has 1 aliphatic rings. The van der Waals surface area contributed by atoms with E-state index in [2.05, 4.69) is 5.32 Å². The van der Waals surface area contributed by atoms with E-state index in [1.807, 2.05) is 26.0 Å². The Labute approximate surface area is 148 Å². The van der Waals surface area contributed by atoms with Crippen molar-refractivity contribution >= 4 is 12.2 Å². The standard InChI is InChI=1S/C19H27NO5/c1-12(2)11-23-17(21)20-16-10-15(16)13-6-8-14(9-7-13)24-18(22)25-19(3,4)5/h6-9,12,15-16H,10-11H2,1-5H3,(H,20,21)/t15-,16+/m0/s1. The molecule has 1 N–H and O–H groups in total. The normalized spacial score (nSPS) is 19.3. The largest absolute Gasteiger partial charge is 0.514 e. The molecule has 6 heteroatoms. The molecule has 0 spiro atoms. The molecule has 0 heterocycles. The highest BCUT2D eigenvalue weighted by Crippen LogP contribution is 2.41. The van der Waals surface area contributed by atoms with Gasteiger partial charge in [-0.3, -0.25) is 0 Å². The summed E-state index contributed by atoms with van der Waals surface area (Å²) in [6.45, 7) is 9.75. The molecule has 0 aromatic heterocycles. The smallest absolute Gasteiger partial charge is 0.449 e. The number of amides is 1. The molecule has 1 aliphatic carbocycles. The lowest BCUT2D eigenvalue weighted by atomic mass is 10.1. The summed E-state index contributed by atoms with van der Waals surface area (Å²) in [4.78, 5) is 23.3. The monoisotopic (exact) mass is 349 g/mol. The molecule has 0 saturated heterocycles. The van der Waals surface area contributed by atoms with Crippen molar-refractivity contribution in [1.29, 1.82) is 0 Å². The number of hydrogen-bond acceptors (Lipinski definition) is 5. The van der Waals surface area contributed by atoms with Crippen molar-refractivity contribution in [2.45, 2.75) is 58.6 Å². The number of carbonyl (C=O) groups is 2. The SMILES string of the molecule is CC(C)COC(=O)N[C@@H]1C[C@H]1c1ccc(OC(=O)OC(C)(C)C)cc1. The molecule has 0 radical (unpaired) electrons. The highest BCUT2D eigenvalue weighted by Gasteiger charge is 2.39. The third kappa shape index (κ3) is 6.64. The fraction of sp³-hybridized carbons (Fsp3) is 0.579. The fourth-order valence-electron chi connectivity index (χ4n) is 2.31. The molecular weight excluding hydrogens is 322 g/mol. The molecule has 1 aromatic rings. The van der Waals surface area contributed by atoms with Gasteiger partial charge >= 0.3 is 12.2 Å². The predicted molar refractivity (Wildman–Crippen MR) is 93.8 cm³/mol. The van der Waals surface area contributed by atoms with E-state index in [9.17, 15) is 9.59 Å². The molecule has 1 aromatic carbocycles. The maximum atomic E-state index is 11.7. The topological polar surface area (TPSA) is 73.9 Å². The second-order valence-electron chi connectivity index (χ2n) is 7.72. The van der Waals surface area contributed by atoms with Crippen molar-refractivity contribution in [1.82, 2.24) is 5.32 Å². The van der Waals surface area contributed by atoms with E-state index < -0.39 is 11.8 Å². The van der Waals surface area contributed by atoms with E-state index in [0.717, 1.165) is 12.0 Å². The zero-order chi connectivity index (χ0) is 18.6. The van der Waals surface area contributed by atoms with Crippen molar-refractivity contribution in [2.75, 3.05) is 6.61 Å². The highest BCUT2D eigenvalue weighted by atomic mass is 16.7. The quantitative estimate of drug-likeness (QED) is 0.636. The molecule has 2 atom stereocenters. The van der Waals surface area contributed by atoms with E-state index in [1.165, 1.54) is 0 Å². The van der Waals surface area contributed by atoms with E-state index in [1.54, 1.807) is 32.9 Å². The van der Waals surface area contributed by atoms with E-state index >= 15 is 0 Å². The van der Waals surface area contributed by atoms with Gasteiger partial charge in [0.15, 0.2) is 0 Å². The van der Waals surface area contributed by atoms with Gasteiger partial charge < -0.3 is 19.5 Å². The van der Waals surface area contributed by atoms with Crippen molar-refractivity contribution in [2.24, 2.45) is 5.92 Å². The van der Waals surface area contributed by atoms with Crippen molar-refractivity contribution in [3.8, 4) is 5.75 Å². The summed E-state index contributed by atoms with van der Waals surface area (Å²) in [5, 5.41) is 2.86. The molecule has 138 valence electrons. The first-order chi connectivity index (χ1) is 11.6. The maximum absolute atomic E-state index is 11.7. The number of nitrogens with one attached hydrogen (secondary N) is 1. The number of benzene rings is 1. The van der Waals surface area contributed by atoms with Crippen LogP contribution in [-0.2, 0) is 9.47 Å². The second kappa shape index (κ2) is 7.76. The minimum absolute atomic E-state index is 0.0947. The predicted octanol–water partition coefficient (Wildman–Crippen LogP) is 4.24. The number of hydrogen-bond donors (Lipinski definition) is 1. The number of ether oxygens (including phenoxy) is 3. The van der Waals surface area contributed by atoms with Crippen LogP contribution in [0.1, 0.15) is 52.5 Å². The summed E-state index contributed by atoms with van der Waals surface area (Å²) in [6.07, 6.45) is -0.214. The number of alkyl carbamates (subject to hydrolysis) is 1. The molecule has 0 aliphatic heterocycles. The Hall–Kier alpha value is -2.24. The first-order valence-corrected chi connectivity index (χ1v) is 8.58. The zero-order valence-electron chi connectivity index (χ0n) is 15.5. The molecule has 1 saturated carbocycles. The van der Waals surface area contributed by atoms with Crippen LogP contribution in [0.4, 0.5) is 9.59 Å². The van der Waals surface area contributed by atoms with Crippen LogP contribution in [0.5, 0.6) is 5.75 Å². The van der Waals surface area contributed by atoms with Crippen LogP contribution in [0.15, 0.2) is 24.3 Å². The lowest BCUT2D eigenvalue weighted by Crippen LogP contribution is -2.28. The Bertz CT molecular complexity index is 603. The summed E-state index contributed by atoms with van der Waals surface area (Å²) >= 11 is 0. The Balaban J connectivity index is 1.79. The Morgan fingerprint density at radius 3 is 2.40 bits per heavy atom. The van der Waals surface area contributed by atoms with Crippen LogP contribution < -0.4 is 10.1 Å². The molecule has 1 fully saturated rings. The van der Waals surface area contributed by atoms with E-state index in [0.29, 0.717) is 18.3 Å². The van der Waals surface area contributed by atoms with Crippen molar-refractivity contribution < 1.29 is 23.8 Å². The van der Waals surface area contributed by atoms with Crippen molar-refractivity contribution in [3.05, 3.63) is 29.8 Å². The average Bonchev–Trinajstić information content (AvgIpc) is 3.23. The Kier molecular flexibility index (Phi) is 5.93. The molecule has 0 unspecified atom stereocenters. The van der Waals surface area contributed by atoms with Gasteiger partial charge in [0.1, 0.15) is 11.4 Å². The summed E-state index contributed by atoms with van der Waals surface area (Å²) < 4.78 is 15.4. The Morgan fingerprint density at radius 2 is 1.84 bits per heavy atom. The first-order valence-electron chi connectivity index (χ1n) is 8.58. The summed E-state index contributed by atoms with van der Waals surface area (Å²) in [5.41, 5.74) is 0.499. The lowest BCUT2D eigenvalue weighted by Gasteiger charge is -2.18. The highest BCUT2D eigenvalue weighted by molar-refractivity contribution is 5.68. The van der Waals surface area contributed by atoms with Crippen LogP contribution in [0, 0.1) is 5.92 Å². The minimum Gasteiger partial charge on any atom is -0.449 e. The second-order valence-corrected chi connectivity index (χ2v) is 7.72. The zero-order valence-corrected chi connectivity index (χ0v) is 15.5. The summed E-state index contributed by atoms with van der Waals surface area (Å²) in [6, 6.07) is 7.34. The maximum Gasteiger partial charge on any atom is 0.514 e. The van der Waals surface area contributed by atoms with Crippen LogP contribution in [0.3, 0.4) is 0 Å². The van der Waals surface area contributed by atoms with Gasteiger partial charge in [-0.25, -0.2) is 9.59 Å². The van der Waals surface area contributed by atoms with Crippen LogP contribution in [-0.4, -0.2) is 30.5 Å². The summed E-state index contributed by atoms with van der Waals surface area (Å²) in [7, 11) is 0. The fourth-order valence-corrected chi connectivity index (χ4v) is 2.31. The van der Waals surface area contributed by atoms with E-state index in [4.69, 9.17) is 14.2 Å². The van der Waals surface area contributed by atoms with Gasteiger partial charge in [-0.2, -0.15) is 0 Å². The van der Waals surface area contributed by atoms with Gasteiger partial charge in [0.2, 0.25) is 0 Å². The molecule has 25 heavy (non-hydrogen) atoms. The molecule has 2 rings (SSSR count). The molecule has 1 amide bonds. The van der Waals surface area contributed by atoms with Gasteiger partial charge in [-0.1, -0.05) is 26.0 Å². The minimum atomic E-state index is -0.723. The summed E-state index contributed by atoms with van der Waals surface area (Å²) in [5.74, 6) is 1.01. The average molecular weight is 349 g/mol. The van der Waals surface area contributed by atoms with Crippen LogP contribution in [0.25, 0.3) is 0 Å². The van der Waals surface area contributed by atoms with Crippen LogP contribution >= 0.6 is 0 Å². The van der Waals surface area contributed by atoms with Gasteiger partial charge in [0, 0.05) is 12.0 Å². The number of carbonyl (C=O) groups excluding carboxylic acids is 2. The Morgan fingerprint density at radius 1 is 1.20 bits per heavy atom. The van der Waals surface area contributed by atoms with Gasteiger partial charge in [0.25, 0.3) is 0 Å². The molecule has 0 bridgehead atoms. The van der Waals surface area contributed by atoms with Gasteiger partial charge in [0.05, 0.1) is 6.61 Å². The van der Waals surface area contributed by atoms with Gasteiger partial charge in [-0.15, -0.1) is 0 Å².